The number of amides is 2. The van der Waals surface area contributed by atoms with E-state index in [1.165, 1.54) is 19.3 Å². The van der Waals surface area contributed by atoms with E-state index in [0.29, 0.717) is 19.4 Å². The molecule has 146 valence electrons. The van der Waals surface area contributed by atoms with Crippen molar-refractivity contribution in [3.8, 4) is 5.75 Å². The third-order valence-electron chi connectivity index (χ3n) is 6.64. The monoisotopic (exact) mass is 370 g/mol. The number of hydrogen-bond acceptors (Lipinski definition) is 3. The van der Waals surface area contributed by atoms with Crippen LogP contribution in [0.5, 0.6) is 5.75 Å². The first kappa shape index (κ1) is 18.3. The highest BCUT2D eigenvalue weighted by molar-refractivity contribution is 5.86. The zero-order valence-corrected chi connectivity index (χ0v) is 16.1. The summed E-state index contributed by atoms with van der Waals surface area (Å²) in [6.45, 7) is 2.51. The largest absolute Gasteiger partial charge is 0.494 e. The van der Waals surface area contributed by atoms with Gasteiger partial charge in [0.2, 0.25) is 11.8 Å². The first-order valence-electron chi connectivity index (χ1n) is 10.3. The maximum atomic E-state index is 12.8. The molecule has 5 heteroatoms. The van der Waals surface area contributed by atoms with Gasteiger partial charge in [0.15, 0.2) is 0 Å². The molecular weight excluding hydrogens is 340 g/mol. The van der Waals surface area contributed by atoms with Gasteiger partial charge in [0, 0.05) is 6.42 Å². The second-order valence-electron chi connectivity index (χ2n) is 8.97. The zero-order valence-electron chi connectivity index (χ0n) is 16.1. The summed E-state index contributed by atoms with van der Waals surface area (Å²) in [4.78, 5) is 24.9. The van der Waals surface area contributed by atoms with Crippen LogP contribution in [0.1, 0.15) is 56.9 Å². The van der Waals surface area contributed by atoms with Crippen LogP contribution in [0.15, 0.2) is 24.3 Å². The van der Waals surface area contributed by atoms with E-state index in [1.807, 2.05) is 31.2 Å². The van der Waals surface area contributed by atoms with Crippen molar-refractivity contribution in [3.63, 3.8) is 0 Å². The van der Waals surface area contributed by atoms with E-state index in [-0.39, 0.29) is 17.2 Å². The van der Waals surface area contributed by atoms with Gasteiger partial charge in [0.05, 0.1) is 12.0 Å². The lowest BCUT2D eigenvalue weighted by Crippen LogP contribution is -2.56. The van der Waals surface area contributed by atoms with E-state index in [0.717, 1.165) is 48.3 Å². The molecule has 0 aliphatic heterocycles. The summed E-state index contributed by atoms with van der Waals surface area (Å²) in [5.41, 5.74) is 6.27. The number of carbonyl (C=O) groups is 2. The zero-order chi connectivity index (χ0) is 18.9. The summed E-state index contributed by atoms with van der Waals surface area (Å²) in [7, 11) is 0. The van der Waals surface area contributed by atoms with Gasteiger partial charge < -0.3 is 4.74 Å². The molecule has 1 aromatic rings. The number of benzene rings is 1. The molecule has 0 radical (unpaired) electrons. The average Bonchev–Trinajstić information content (AvgIpc) is 2.62. The molecule has 0 spiro atoms. The number of carbonyl (C=O) groups excluding carboxylic acids is 2. The lowest BCUT2D eigenvalue weighted by Gasteiger charge is -2.55. The van der Waals surface area contributed by atoms with Crippen LogP contribution < -0.4 is 15.6 Å². The molecule has 0 atom stereocenters. The summed E-state index contributed by atoms with van der Waals surface area (Å²) in [6.07, 6.45) is 7.89. The Hall–Kier alpha value is -2.04. The van der Waals surface area contributed by atoms with E-state index in [9.17, 15) is 9.59 Å². The van der Waals surface area contributed by atoms with Crippen LogP contribution >= 0.6 is 0 Å². The molecular formula is C22H30N2O3. The highest BCUT2D eigenvalue weighted by Crippen LogP contribution is 2.60. The van der Waals surface area contributed by atoms with Crippen LogP contribution in [-0.2, 0) is 9.59 Å². The minimum Gasteiger partial charge on any atom is -0.494 e. The third-order valence-corrected chi connectivity index (χ3v) is 6.64. The number of rotatable bonds is 6. The molecule has 2 N–H and O–H groups in total. The fraction of sp³-hybridized carbons (Fsp3) is 0.636. The Morgan fingerprint density at radius 2 is 1.74 bits per heavy atom. The number of nitrogens with one attached hydrogen (secondary N) is 2. The van der Waals surface area contributed by atoms with E-state index >= 15 is 0 Å². The predicted molar refractivity (Wildman–Crippen MR) is 103 cm³/mol. The highest BCUT2D eigenvalue weighted by atomic mass is 16.5. The van der Waals surface area contributed by atoms with Crippen LogP contribution in [0.25, 0.3) is 0 Å². The Labute approximate surface area is 161 Å². The van der Waals surface area contributed by atoms with Crippen LogP contribution in [0.4, 0.5) is 0 Å². The van der Waals surface area contributed by atoms with Gasteiger partial charge in [0.1, 0.15) is 5.75 Å². The maximum absolute atomic E-state index is 12.8. The van der Waals surface area contributed by atoms with Crippen LogP contribution in [0.2, 0.25) is 0 Å². The predicted octanol–water partition coefficient (Wildman–Crippen LogP) is 3.52. The Morgan fingerprint density at radius 1 is 1.07 bits per heavy atom. The fourth-order valence-corrected chi connectivity index (χ4v) is 5.84. The molecule has 1 aromatic carbocycles. The summed E-state index contributed by atoms with van der Waals surface area (Å²) >= 11 is 0. The number of aryl methyl sites for hydroxylation is 1. The summed E-state index contributed by atoms with van der Waals surface area (Å²) in [5.74, 6) is 2.86. The van der Waals surface area contributed by atoms with Crippen molar-refractivity contribution in [3.05, 3.63) is 29.8 Å². The van der Waals surface area contributed by atoms with Crippen LogP contribution in [0, 0.1) is 30.1 Å². The number of hydrogen-bond donors (Lipinski definition) is 2. The van der Waals surface area contributed by atoms with Gasteiger partial charge in [0.25, 0.3) is 0 Å². The molecule has 2 amide bonds. The Morgan fingerprint density at radius 3 is 2.37 bits per heavy atom. The van der Waals surface area contributed by atoms with E-state index in [4.69, 9.17) is 4.74 Å². The first-order chi connectivity index (χ1) is 13.0. The molecule has 0 aromatic heterocycles. The van der Waals surface area contributed by atoms with Crippen molar-refractivity contribution in [1.82, 2.24) is 10.9 Å². The van der Waals surface area contributed by atoms with E-state index < -0.39 is 0 Å². The summed E-state index contributed by atoms with van der Waals surface area (Å²) in [5, 5.41) is 0. The fourth-order valence-electron chi connectivity index (χ4n) is 5.84. The summed E-state index contributed by atoms with van der Waals surface area (Å²) < 4.78 is 5.66. The smallest absolute Gasteiger partial charge is 0.244 e. The van der Waals surface area contributed by atoms with Crippen molar-refractivity contribution in [2.75, 3.05) is 6.61 Å². The van der Waals surface area contributed by atoms with Crippen molar-refractivity contribution >= 4 is 11.8 Å². The Balaban J connectivity index is 1.18. The second-order valence-corrected chi connectivity index (χ2v) is 8.97. The third kappa shape index (κ3) is 4.12. The molecule has 5 rings (SSSR count). The van der Waals surface area contributed by atoms with Crippen molar-refractivity contribution in [2.45, 2.75) is 58.3 Å². The minimum absolute atomic E-state index is 0.0333. The van der Waals surface area contributed by atoms with E-state index in [1.54, 1.807) is 0 Å². The van der Waals surface area contributed by atoms with Crippen LogP contribution in [0.3, 0.4) is 0 Å². The number of hydrazine groups is 1. The average molecular weight is 370 g/mol. The quantitative estimate of drug-likeness (QED) is 0.595. The molecule has 4 aliphatic carbocycles. The lowest BCUT2D eigenvalue weighted by molar-refractivity contribution is -0.148. The van der Waals surface area contributed by atoms with Gasteiger partial charge in [-0.25, -0.2) is 0 Å². The van der Waals surface area contributed by atoms with Gasteiger partial charge in [-0.15, -0.1) is 0 Å². The Bertz CT molecular complexity index is 680. The molecule has 4 saturated carbocycles. The van der Waals surface area contributed by atoms with Gasteiger partial charge in [-0.1, -0.05) is 12.1 Å². The SMILES string of the molecule is Cc1cccc(OCCCC(=O)NNC(=O)C23CC4CC(CC(C4)C2)C3)c1. The highest BCUT2D eigenvalue weighted by Gasteiger charge is 2.54. The van der Waals surface area contributed by atoms with Crippen molar-refractivity contribution in [1.29, 1.82) is 0 Å². The van der Waals surface area contributed by atoms with E-state index in [2.05, 4.69) is 10.9 Å². The molecule has 27 heavy (non-hydrogen) atoms. The molecule has 0 unspecified atom stereocenters. The number of ether oxygens (including phenoxy) is 1. The molecule has 5 nitrogen and oxygen atoms in total. The van der Waals surface area contributed by atoms with Crippen LogP contribution in [-0.4, -0.2) is 18.4 Å². The lowest BCUT2D eigenvalue weighted by atomic mass is 9.49. The second kappa shape index (κ2) is 7.53. The van der Waals surface area contributed by atoms with Gasteiger partial charge >= 0.3 is 0 Å². The van der Waals surface area contributed by atoms with Crippen molar-refractivity contribution < 1.29 is 14.3 Å². The molecule has 4 fully saturated rings. The first-order valence-corrected chi connectivity index (χ1v) is 10.3. The van der Waals surface area contributed by atoms with Gasteiger partial charge in [-0.05, 0) is 87.3 Å². The standard InChI is InChI=1S/C22H30N2O3/c1-15-4-2-5-19(8-15)27-7-3-6-20(25)23-24-21(26)22-12-16-9-17(13-22)11-18(10-16)14-22/h2,4-5,8,16-18H,3,6-7,9-14H2,1H3,(H,23,25)(H,24,26). The molecule has 4 bridgehead atoms. The summed E-state index contributed by atoms with van der Waals surface area (Å²) in [6, 6.07) is 7.87. The molecule has 0 saturated heterocycles. The van der Waals surface area contributed by atoms with Gasteiger partial charge in [-0.2, -0.15) is 0 Å². The Kier molecular flexibility index (Phi) is 5.11. The van der Waals surface area contributed by atoms with Gasteiger partial charge in [-0.3, -0.25) is 20.4 Å². The molecule has 4 aliphatic rings. The normalized spacial score (nSPS) is 30.8. The van der Waals surface area contributed by atoms with Crippen molar-refractivity contribution in [2.24, 2.45) is 23.2 Å². The minimum atomic E-state index is -0.226. The maximum Gasteiger partial charge on any atom is 0.244 e. The molecule has 0 heterocycles. The topological polar surface area (TPSA) is 67.4 Å².